The van der Waals surface area contributed by atoms with Crippen LogP contribution in [0.1, 0.15) is 36.3 Å². The molecule has 2 rings (SSSR count). The fourth-order valence-corrected chi connectivity index (χ4v) is 2.04. The molecule has 1 unspecified atom stereocenters. The minimum atomic E-state index is -0.228. The first-order valence-electron chi connectivity index (χ1n) is 6.48. The van der Waals surface area contributed by atoms with Crippen molar-refractivity contribution in [3.63, 3.8) is 0 Å². The summed E-state index contributed by atoms with van der Waals surface area (Å²) in [4.78, 5) is 8.54. The number of halogens is 1. The number of benzene rings is 1. The lowest BCUT2D eigenvalue weighted by Crippen LogP contribution is -2.25. The number of aryl methyl sites for hydroxylation is 1. The number of nitrogens with one attached hydrogen (secondary N) is 1. The smallest absolute Gasteiger partial charge is 0.149 e. The molecule has 100 valence electrons. The Morgan fingerprint density at radius 3 is 2.58 bits per heavy atom. The largest absolute Gasteiger partial charge is 0.304 e. The van der Waals surface area contributed by atoms with Crippen molar-refractivity contribution in [3.05, 3.63) is 59.4 Å². The van der Waals surface area contributed by atoms with E-state index in [4.69, 9.17) is 0 Å². The summed E-state index contributed by atoms with van der Waals surface area (Å²) in [7, 11) is 0. The molecule has 1 aromatic carbocycles. The van der Waals surface area contributed by atoms with Gasteiger partial charge in [0.25, 0.3) is 0 Å². The molecule has 0 aliphatic heterocycles. The van der Waals surface area contributed by atoms with Gasteiger partial charge in [-0.2, -0.15) is 0 Å². The Hall–Kier alpha value is -1.81. The Bertz CT molecular complexity index is 508. The van der Waals surface area contributed by atoms with E-state index in [0.29, 0.717) is 5.82 Å². The first-order valence-corrected chi connectivity index (χ1v) is 6.48. The second kappa shape index (κ2) is 6.38. The van der Waals surface area contributed by atoms with Crippen molar-refractivity contribution >= 4 is 0 Å². The van der Waals surface area contributed by atoms with Crippen LogP contribution in [0.5, 0.6) is 0 Å². The first kappa shape index (κ1) is 13.6. The minimum absolute atomic E-state index is 0.171. The van der Waals surface area contributed by atoms with Gasteiger partial charge in [-0.05, 0) is 49.2 Å². The maximum Gasteiger partial charge on any atom is 0.149 e. The van der Waals surface area contributed by atoms with Gasteiger partial charge in [0, 0.05) is 12.4 Å². The lowest BCUT2D eigenvalue weighted by atomic mass is 10.0. The molecule has 1 heterocycles. The monoisotopic (exact) mass is 259 g/mol. The molecule has 1 aromatic heterocycles. The Kier molecular flexibility index (Phi) is 4.58. The third-order valence-corrected chi connectivity index (χ3v) is 2.84. The van der Waals surface area contributed by atoms with Gasteiger partial charge in [-0.25, -0.2) is 14.4 Å². The van der Waals surface area contributed by atoms with Gasteiger partial charge < -0.3 is 5.32 Å². The van der Waals surface area contributed by atoms with Gasteiger partial charge in [-0.15, -0.1) is 0 Å². The van der Waals surface area contributed by atoms with Crippen molar-refractivity contribution in [2.45, 2.75) is 26.3 Å². The molecule has 0 aliphatic carbocycles. The number of hydrogen-bond acceptors (Lipinski definition) is 3. The molecule has 1 atom stereocenters. The molecule has 2 aromatic rings. The molecule has 3 nitrogen and oxygen atoms in total. The zero-order valence-electron chi connectivity index (χ0n) is 11.2. The quantitative estimate of drug-likeness (QED) is 0.897. The first-order chi connectivity index (χ1) is 9.20. The highest BCUT2D eigenvalue weighted by Gasteiger charge is 2.16. The van der Waals surface area contributed by atoms with Gasteiger partial charge in [0.05, 0.1) is 6.04 Å². The Balaban J connectivity index is 2.36. The average Bonchev–Trinajstić information content (AvgIpc) is 2.39. The Labute approximate surface area is 112 Å². The van der Waals surface area contributed by atoms with Crippen molar-refractivity contribution in [2.75, 3.05) is 6.54 Å². The van der Waals surface area contributed by atoms with Crippen molar-refractivity contribution in [1.29, 1.82) is 0 Å². The minimum Gasteiger partial charge on any atom is -0.304 e. The number of nitrogens with zero attached hydrogens (tertiary/aromatic N) is 2. The van der Waals surface area contributed by atoms with Crippen LogP contribution in [0.15, 0.2) is 36.7 Å². The van der Waals surface area contributed by atoms with Gasteiger partial charge in [0.1, 0.15) is 11.6 Å². The molecule has 0 bridgehead atoms. The van der Waals surface area contributed by atoms with E-state index in [-0.39, 0.29) is 11.9 Å². The molecule has 0 saturated carbocycles. The van der Waals surface area contributed by atoms with E-state index >= 15 is 0 Å². The van der Waals surface area contributed by atoms with E-state index in [1.54, 1.807) is 18.5 Å². The van der Waals surface area contributed by atoms with Crippen molar-refractivity contribution in [1.82, 2.24) is 15.3 Å². The third-order valence-electron chi connectivity index (χ3n) is 2.84. The highest BCUT2D eigenvalue weighted by molar-refractivity contribution is 5.29. The van der Waals surface area contributed by atoms with Crippen LogP contribution in [-0.4, -0.2) is 16.5 Å². The van der Waals surface area contributed by atoms with Crippen molar-refractivity contribution in [3.8, 4) is 0 Å². The molecular formula is C15H18FN3. The lowest BCUT2D eigenvalue weighted by Gasteiger charge is -2.18. The van der Waals surface area contributed by atoms with E-state index < -0.39 is 0 Å². The summed E-state index contributed by atoms with van der Waals surface area (Å²) in [6.07, 6.45) is 4.40. The summed E-state index contributed by atoms with van der Waals surface area (Å²) in [5.74, 6) is 0.440. The predicted octanol–water partition coefficient (Wildman–Crippen LogP) is 3.01. The summed E-state index contributed by atoms with van der Waals surface area (Å²) in [5.41, 5.74) is 1.76. The number of rotatable bonds is 5. The second-order valence-electron chi connectivity index (χ2n) is 4.56. The Morgan fingerprint density at radius 1 is 1.21 bits per heavy atom. The molecule has 0 amide bonds. The maximum absolute atomic E-state index is 13.6. The standard InChI is InChI=1S/C15H18FN3/c1-3-5-17-14(15-18-6-4-7-19-15)12-8-11(2)9-13(16)10-12/h4,6-10,14,17H,3,5H2,1-2H3. The fraction of sp³-hybridized carbons (Fsp3) is 0.333. The molecule has 4 heteroatoms. The molecule has 0 fully saturated rings. The highest BCUT2D eigenvalue weighted by Crippen LogP contribution is 2.21. The summed E-state index contributed by atoms with van der Waals surface area (Å²) >= 11 is 0. The summed E-state index contributed by atoms with van der Waals surface area (Å²) in [6, 6.07) is 6.63. The highest BCUT2D eigenvalue weighted by atomic mass is 19.1. The summed E-state index contributed by atoms with van der Waals surface area (Å²) in [5, 5.41) is 3.36. The summed E-state index contributed by atoms with van der Waals surface area (Å²) in [6.45, 7) is 4.81. The third kappa shape index (κ3) is 3.58. The van der Waals surface area contributed by atoms with E-state index in [1.807, 2.05) is 13.0 Å². The normalized spacial score (nSPS) is 12.4. The topological polar surface area (TPSA) is 37.8 Å². The Morgan fingerprint density at radius 2 is 1.95 bits per heavy atom. The lowest BCUT2D eigenvalue weighted by molar-refractivity contribution is 0.563. The zero-order valence-corrected chi connectivity index (χ0v) is 11.2. The summed E-state index contributed by atoms with van der Waals surface area (Å²) < 4.78 is 13.6. The molecule has 0 radical (unpaired) electrons. The maximum atomic E-state index is 13.6. The predicted molar refractivity (Wildman–Crippen MR) is 73.3 cm³/mol. The van der Waals surface area contributed by atoms with E-state index in [1.165, 1.54) is 12.1 Å². The zero-order chi connectivity index (χ0) is 13.7. The fourth-order valence-electron chi connectivity index (χ4n) is 2.04. The van der Waals surface area contributed by atoms with E-state index in [9.17, 15) is 4.39 Å². The average molecular weight is 259 g/mol. The molecule has 19 heavy (non-hydrogen) atoms. The molecule has 0 aliphatic rings. The molecular weight excluding hydrogens is 241 g/mol. The van der Waals surface area contributed by atoms with Crippen LogP contribution in [0, 0.1) is 12.7 Å². The number of aromatic nitrogens is 2. The van der Waals surface area contributed by atoms with Crippen LogP contribution in [0.25, 0.3) is 0 Å². The van der Waals surface area contributed by atoms with Gasteiger partial charge in [0.15, 0.2) is 0 Å². The van der Waals surface area contributed by atoms with Crippen LogP contribution in [-0.2, 0) is 0 Å². The van der Waals surface area contributed by atoms with Crippen LogP contribution < -0.4 is 5.32 Å². The van der Waals surface area contributed by atoms with E-state index in [0.717, 1.165) is 24.1 Å². The van der Waals surface area contributed by atoms with Gasteiger partial charge in [-0.1, -0.05) is 13.0 Å². The molecule has 1 N–H and O–H groups in total. The van der Waals surface area contributed by atoms with Crippen molar-refractivity contribution < 1.29 is 4.39 Å². The van der Waals surface area contributed by atoms with Crippen LogP contribution in [0.2, 0.25) is 0 Å². The second-order valence-corrected chi connectivity index (χ2v) is 4.56. The molecule has 0 spiro atoms. The van der Waals surface area contributed by atoms with Gasteiger partial charge in [-0.3, -0.25) is 0 Å². The van der Waals surface area contributed by atoms with Crippen LogP contribution in [0.4, 0.5) is 4.39 Å². The van der Waals surface area contributed by atoms with Gasteiger partial charge >= 0.3 is 0 Å². The van der Waals surface area contributed by atoms with Crippen LogP contribution >= 0.6 is 0 Å². The number of hydrogen-bond donors (Lipinski definition) is 1. The molecule has 0 saturated heterocycles. The van der Waals surface area contributed by atoms with Crippen molar-refractivity contribution in [2.24, 2.45) is 0 Å². The van der Waals surface area contributed by atoms with Crippen LogP contribution in [0.3, 0.4) is 0 Å². The van der Waals surface area contributed by atoms with Gasteiger partial charge in [0.2, 0.25) is 0 Å². The SMILES string of the molecule is CCCNC(c1cc(C)cc(F)c1)c1ncccn1. The van der Waals surface area contributed by atoms with E-state index in [2.05, 4.69) is 22.2 Å².